The molecule has 0 unspecified atom stereocenters. The van der Waals surface area contributed by atoms with E-state index in [9.17, 15) is 14.7 Å². The first kappa shape index (κ1) is 13.8. The van der Waals surface area contributed by atoms with Crippen LogP contribution in [-0.2, 0) is 11.3 Å². The number of amides is 2. The molecule has 1 aromatic heterocycles. The lowest BCUT2D eigenvalue weighted by Crippen LogP contribution is -2.51. The molecular formula is C10H14N4O4. The van der Waals surface area contributed by atoms with Crippen molar-refractivity contribution in [3.63, 3.8) is 0 Å². The van der Waals surface area contributed by atoms with Crippen molar-refractivity contribution in [2.45, 2.75) is 25.6 Å². The van der Waals surface area contributed by atoms with Gasteiger partial charge >= 0.3 is 12.0 Å². The minimum Gasteiger partial charge on any atom is -0.480 e. The number of carboxylic acid groups (broad SMARTS) is 1. The zero-order valence-electron chi connectivity index (χ0n) is 9.70. The van der Waals surface area contributed by atoms with Gasteiger partial charge in [-0.05, 0) is 19.1 Å². The fourth-order valence-electron chi connectivity index (χ4n) is 1.18. The molecule has 0 saturated heterocycles. The van der Waals surface area contributed by atoms with E-state index in [0.29, 0.717) is 5.69 Å². The van der Waals surface area contributed by atoms with Crippen LogP contribution in [0.25, 0.3) is 0 Å². The Morgan fingerprint density at radius 1 is 1.50 bits per heavy atom. The summed E-state index contributed by atoms with van der Waals surface area (Å²) in [4.78, 5) is 22.1. The molecule has 98 valence electrons. The summed E-state index contributed by atoms with van der Waals surface area (Å²) in [6, 6.07) is 1.27. The van der Waals surface area contributed by atoms with Crippen molar-refractivity contribution >= 4 is 12.0 Å². The van der Waals surface area contributed by atoms with Crippen LogP contribution < -0.4 is 10.6 Å². The number of aliphatic hydroxyl groups is 1. The van der Waals surface area contributed by atoms with Gasteiger partial charge in [0.2, 0.25) is 0 Å². The van der Waals surface area contributed by atoms with Crippen molar-refractivity contribution in [3.05, 3.63) is 24.0 Å². The summed E-state index contributed by atoms with van der Waals surface area (Å²) in [5, 5.41) is 29.8. The van der Waals surface area contributed by atoms with Crippen LogP contribution in [0.2, 0.25) is 0 Å². The molecular weight excluding hydrogens is 240 g/mol. The van der Waals surface area contributed by atoms with Gasteiger partial charge < -0.3 is 20.8 Å². The zero-order valence-corrected chi connectivity index (χ0v) is 9.70. The first-order chi connectivity index (χ1) is 8.50. The average molecular weight is 254 g/mol. The number of carbonyl (C=O) groups is 2. The van der Waals surface area contributed by atoms with E-state index in [0.717, 1.165) is 0 Å². The SMILES string of the molecule is C[C@@H](O)[C@H](NC(=O)NCc1cccnn1)C(=O)O. The molecule has 18 heavy (non-hydrogen) atoms. The van der Waals surface area contributed by atoms with Crippen molar-refractivity contribution in [3.8, 4) is 0 Å². The van der Waals surface area contributed by atoms with Crippen LogP contribution in [0.15, 0.2) is 18.3 Å². The van der Waals surface area contributed by atoms with Gasteiger partial charge in [0.1, 0.15) is 0 Å². The van der Waals surface area contributed by atoms with E-state index in [4.69, 9.17) is 5.11 Å². The van der Waals surface area contributed by atoms with Crippen molar-refractivity contribution in [1.29, 1.82) is 0 Å². The largest absolute Gasteiger partial charge is 0.480 e. The molecule has 0 fully saturated rings. The molecule has 0 spiro atoms. The van der Waals surface area contributed by atoms with Crippen LogP contribution in [-0.4, -0.2) is 44.6 Å². The summed E-state index contributed by atoms with van der Waals surface area (Å²) in [7, 11) is 0. The Labute approximate surface area is 103 Å². The fourth-order valence-corrected chi connectivity index (χ4v) is 1.18. The quantitative estimate of drug-likeness (QED) is 0.540. The van der Waals surface area contributed by atoms with Crippen molar-refractivity contribution in [1.82, 2.24) is 20.8 Å². The third-order valence-electron chi connectivity index (χ3n) is 2.09. The average Bonchev–Trinajstić information content (AvgIpc) is 2.34. The van der Waals surface area contributed by atoms with Crippen LogP contribution in [0.4, 0.5) is 4.79 Å². The Morgan fingerprint density at radius 2 is 2.22 bits per heavy atom. The number of carboxylic acids is 1. The summed E-state index contributed by atoms with van der Waals surface area (Å²) in [5.74, 6) is -1.31. The van der Waals surface area contributed by atoms with Gasteiger partial charge in [-0.2, -0.15) is 10.2 Å². The summed E-state index contributed by atoms with van der Waals surface area (Å²) in [6.45, 7) is 1.40. The molecule has 2 atom stereocenters. The minimum atomic E-state index is -1.35. The second-order valence-corrected chi connectivity index (χ2v) is 3.60. The third-order valence-corrected chi connectivity index (χ3v) is 2.09. The molecule has 0 aliphatic heterocycles. The van der Waals surface area contributed by atoms with Gasteiger partial charge in [-0.1, -0.05) is 0 Å². The standard InChI is InChI=1S/C10H14N4O4/c1-6(15)8(9(16)17)13-10(18)11-5-7-3-2-4-12-14-7/h2-4,6,8,15H,5H2,1H3,(H,16,17)(H2,11,13,18)/t6-,8+/m1/s1. The van der Waals surface area contributed by atoms with Crippen molar-refractivity contribution in [2.75, 3.05) is 0 Å². The number of hydrogen-bond donors (Lipinski definition) is 4. The Bertz CT molecular complexity index is 410. The summed E-state index contributed by atoms with van der Waals surface area (Å²) in [6.07, 6.45) is 0.307. The van der Waals surface area contributed by atoms with Gasteiger partial charge in [-0.25, -0.2) is 9.59 Å². The summed E-state index contributed by atoms with van der Waals surface area (Å²) >= 11 is 0. The molecule has 0 radical (unpaired) electrons. The van der Waals surface area contributed by atoms with E-state index < -0.39 is 24.1 Å². The highest BCUT2D eigenvalue weighted by atomic mass is 16.4. The molecule has 1 aromatic rings. The van der Waals surface area contributed by atoms with E-state index in [-0.39, 0.29) is 6.54 Å². The highest BCUT2D eigenvalue weighted by Crippen LogP contribution is 1.94. The smallest absolute Gasteiger partial charge is 0.328 e. The van der Waals surface area contributed by atoms with Crippen LogP contribution in [0.1, 0.15) is 12.6 Å². The van der Waals surface area contributed by atoms with Crippen molar-refractivity contribution in [2.24, 2.45) is 0 Å². The molecule has 0 bridgehead atoms. The number of nitrogens with one attached hydrogen (secondary N) is 2. The lowest BCUT2D eigenvalue weighted by Gasteiger charge is -2.17. The number of hydrogen-bond acceptors (Lipinski definition) is 5. The summed E-state index contributed by atoms with van der Waals surface area (Å²) in [5.41, 5.74) is 0.538. The monoisotopic (exact) mass is 254 g/mol. The first-order valence-electron chi connectivity index (χ1n) is 5.22. The Morgan fingerprint density at radius 3 is 2.72 bits per heavy atom. The normalized spacial score (nSPS) is 13.4. The fraction of sp³-hybridized carbons (Fsp3) is 0.400. The first-order valence-corrected chi connectivity index (χ1v) is 5.22. The number of carbonyl (C=O) groups excluding carboxylic acids is 1. The molecule has 8 heteroatoms. The number of aliphatic carboxylic acids is 1. The molecule has 0 aromatic carbocycles. The number of aromatic nitrogens is 2. The van der Waals surface area contributed by atoms with E-state index in [2.05, 4.69) is 20.8 Å². The highest BCUT2D eigenvalue weighted by Gasteiger charge is 2.24. The highest BCUT2D eigenvalue weighted by molar-refractivity contribution is 5.82. The van der Waals surface area contributed by atoms with Gasteiger partial charge in [0.25, 0.3) is 0 Å². The molecule has 0 aliphatic carbocycles. The molecule has 4 N–H and O–H groups in total. The van der Waals surface area contributed by atoms with Crippen LogP contribution in [0.5, 0.6) is 0 Å². The van der Waals surface area contributed by atoms with Gasteiger partial charge in [-0.15, -0.1) is 0 Å². The molecule has 0 aliphatic rings. The van der Waals surface area contributed by atoms with Crippen LogP contribution >= 0.6 is 0 Å². The van der Waals surface area contributed by atoms with Crippen LogP contribution in [0.3, 0.4) is 0 Å². The van der Waals surface area contributed by atoms with Crippen molar-refractivity contribution < 1.29 is 19.8 Å². The second kappa shape index (κ2) is 6.50. The third kappa shape index (κ3) is 4.34. The lowest BCUT2D eigenvalue weighted by molar-refractivity contribution is -0.141. The Hall–Kier alpha value is -2.22. The van der Waals surface area contributed by atoms with E-state index in [1.165, 1.54) is 13.1 Å². The number of rotatable bonds is 5. The zero-order chi connectivity index (χ0) is 13.5. The second-order valence-electron chi connectivity index (χ2n) is 3.60. The number of urea groups is 1. The van der Waals surface area contributed by atoms with Gasteiger partial charge in [0.05, 0.1) is 18.3 Å². The molecule has 0 saturated carbocycles. The predicted octanol–water partition coefficient (Wildman–Crippen LogP) is -0.890. The van der Waals surface area contributed by atoms with Gasteiger partial charge in [0, 0.05) is 6.20 Å². The predicted molar refractivity (Wildman–Crippen MR) is 60.5 cm³/mol. The minimum absolute atomic E-state index is 0.117. The van der Waals surface area contributed by atoms with Gasteiger partial charge in [-0.3, -0.25) is 0 Å². The van der Waals surface area contributed by atoms with E-state index >= 15 is 0 Å². The molecule has 1 rings (SSSR count). The molecule has 8 nitrogen and oxygen atoms in total. The molecule has 2 amide bonds. The summed E-state index contributed by atoms with van der Waals surface area (Å²) < 4.78 is 0. The Kier molecular flexibility index (Phi) is 5.00. The van der Waals surface area contributed by atoms with Crippen LogP contribution in [0, 0.1) is 0 Å². The maximum absolute atomic E-state index is 11.4. The Balaban J connectivity index is 2.44. The lowest BCUT2D eigenvalue weighted by atomic mass is 10.2. The topological polar surface area (TPSA) is 124 Å². The van der Waals surface area contributed by atoms with E-state index in [1.54, 1.807) is 12.1 Å². The number of aliphatic hydroxyl groups excluding tert-OH is 1. The number of nitrogens with zero attached hydrogens (tertiary/aromatic N) is 2. The maximum atomic E-state index is 11.4. The van der Waals surface area contributed by atoms with Gasteiger partial charge in [0.15, 0.2) is 6.04 Å². The maximum Gasteiger partial charge on any atom is 0.328 e. The molecule has 1 heterocycles. The van der Waals surface area contributed by atoms with E-state index in [1.807, 2.05) is 0 Å².